The van der Waals surface area contributed by atoms with Gasteiger partial charge in [0.2, 0.25) is 0 Å². The molecule has 0 aliphatic rings. The second-order valence-corrected chi connectivity index (χ2v) is 7.23. The Bertz CT molecular complexity index is 195. The smallest absolute Gasteiger partial charge is 0.307 e. The number of hydrogen-bond donors (Lipinski definition) is 0. The van der Waals surface area contributed by atoms with Gasteiger partial charge in [-0.05, 0) is 13.8 Å². The van der Waals surface area contributed by atoms with Gasteiger partial charge in [-0.3, -0.25) is 4.57 Å². The Kier molecular flexibility index (Phi) is 8.72. The van der Waals surface area contributed by atoms with E-state index in [1.807, 2.05) is 0 Å². The van der Waals surface area contributed by atoms with Crippen LogP contribution in [0, 0.1) is 0 Å². The van der Waals surface area contributed by atoms with Crippen LogP contribution >= 0.6 is 42.4 Å². The molecule has 0 amide bonds. The van der Waals surface area contributed by atoms with Gasteiger partial charge in [-0.15, -0.1) is 34.8 Å². The summed E-state index contributed by atoms with van der Waals surface area (Å²) in [6.45, 7) is 3.84. The van der Waals surface area contributed by atoms with Crippen LogP contribution in [0.2, 0.25) is 0 Å². The van der Waals surface area contributed by atoms with Gasteiger partial charge in [-0.25, -0.2) is 0 Å². The highest BCUT2D eigenvalue weighted by molar-refractivity contribution is 7.54. The van der Waals surface area contributed by atoms with Crippen LogP contribution in [0.3, 0.4) is 0 Å². The predicted molar refractivity (Wildman–Crippen MR) is 65.7 cm³/mol. The third-order valence-electron chi connectivity index (χ3n) is 1.36. The van der Waals surface area contributed by atoms with E-state index in [1.165, 1.54) is 0 Å². The minimum Gasteiger partial charge on any atom is -0.307 e. The summed E-state index contributed by atoms with van der Waals surface area (Å²) in [4.78, 5) is 0. The highest BCUT2D eigenvalue weighted by atomic mass is 35.5. The zero-order chi connectivity index (χ0) is 11.9. The molecule has 0 aromatic carbocycles. The molecule has 3 nitrogen and oxygen atoms in total. The molecule has 0 N–H and O–H groups in total. The maximum atomic E-state index is 12.0. The summed E-state index contributed by atoms with van der Waals surface area (Å²) < 4.78 is 22.3. The van der Waals surface area contributed by atoms with Gasteiger partial charge in [-0.2, -0.15) is 0 Å². The van der Waals surface area contributed by atoms with Crippen molar-refractivity contribution in [1.29, 1.82) is 0 Å². The largest absolute Gasteiger partial charge is 0.331 e. The van der Waals surface area contributed by atoms with E-state index in [1.54, 1.807) is 13.8 Å². The maximum Gasteiger partial charge on any atom is 0.331 e. The van der Waals surface area contributed by atoms with Crippen molar-refractivity contribution in [2.45, 2.75) is 24.6 Å². The van der Waals surface area contributed by atoms with Crippen LogP contribution in [-0.2, 0) is 13.6 Å². The molecule has 0 heterocycles. The summed E-state index contributed by atoms with van der Waals surface area (Å²) in [7, 11) is -3.13. The van der Waals surface area contributed by atoms with Crippen molar-refractivity contribution in [3.8, 4) is 0 Å². The number of halogens is 3. The van der Waals surface area contributed by atoms with E-state index in [0.717, 1.165) is 0 Å². The van der Waals surface area contributed by atoms with E-state index < -0.39 is 7.60 Å². The number of rotatable bonds is 8. The van der Waals surface area contributed by atoms with Crippen molar-refractivity contribution in [3.05, 3.63) is 0 Å². The minimum absolute atomic E-state index is 0.168. The molecule has 0 saturated carbocycles. The first-order chi connectivity index (χ1) is 6.89. The van der Waals surface area contributed by atoms with Crippen LogP contribution in [0.1, 0.15) is 13.8 Å². The van der Waals surface area contributed by atoms with E-state index in [4.69, 9.17) is 43.9 Å². The van der Waals surface area contributed by atoms with Crippen molar-refractivity contribution in [2.75, 3.05) is 25.3 Å². The fourth-order valence-electron chi connectivity index (χ4n) is 0.702. The van der Waals surface area contributed by atoms with Crippen molar-refractivity contribution in [3.63, 3.8) is 0 Å². The van der Waals surface area contributed by atoms with Crippen LogP contribution in [0.15, 0.2) is 0 Å². The second-order valence-electron chi connectivity index (χ2n) is 3.18. The van der Waals surface area contributed by atoms with E-state index in [9.17, 15) is 4.57 Å². The Labute approximate surface area is 106 Å². The molecule has 0 fully saturated rings. The summed E-state index contributed by atoms with van der Waals surface area (Å²) in [6, 6.07) is 0. The van der Waals surface area contributed by atoms with E-state index in [0.29, 0.717) is 0 Å². The van der Waals surface area contributed by atoms with Crippen LogP contribution in [0.4, 0.5) is 0 Å². The van der Waals surface area contributed by atoms with E-state index in [-0.39, 0.29) is 36.0 Å². The third kappa shape index (κ3) is 8.79. The fraction of sp³-hybridized carbons (Fsp3) is 1.00. The van der Waals surface area contributed by atoms with Crippen LogP contribution in [0.5, 0.6) is 0 Å². The van der Waals surface area contributed by atoms with Gasteiger partial charge >= 0.3 is 7.60 Å². The lowest BCUT2D eigenvalue weighted by atomic mass is 10.5. The predicted octanol–water partition coefficient (Wildman–Crippen LogP) is 3.71. The average molecular weight is 298 g/mol. The molecular formula is C8H16Cl3O3P. The molecular weight excluding hydrogens is 281 g/mol. The quantitative estimate of drug-likeness (QED) is 0.506. The van der Waals surface area contributed by atoms with E-state index >= 15 is 0 Å². The molecule has 0 saturated heterocycles. The lowest BCUT2D eigenvalue weighted by Crippen LogP contribution is -2.11. The lowest BCUT2D eigenvalue weighted by Gasteiger charge is -2.18. The van der Waals surface area contributed by atoms with Gasteiger partial charge < -0.3 is 9.05 Å². The molecule has 2 atom stereocenters. The van der Waals surface area contributed by atoms with Crippen LogP contribution in [-0.4, -0.2) is 36.0 Å². The second kappa shape index (κ2) is 8.16. The first-order valence-electron chi connectivity index (χ1n) is 4.62. The Morgan fingerprint density at radius 2 is 1.53 bits per heavy atom. The first kappa shape index (κ1) is 16.0. The third-order valence-corrected chi connectivity index (χ3v) is 3.92. The molecule has 0 aliphatic carbocycles. The normalized spacial score (nSPS) is 19.5. The van der Waals surface area contributed by atoms with Crippen molar-refractivity contribution in [1.82, 2.24) is 0 Å². The number of alkyl halides is 3. The molecule has 15 heavy (non-hydrogen) atoms. The molecule has 92 valence electrons. The maximum absolute atomic E-state index is 12.0. The molecule has 0 aromatic heterocycles. The Hall–Kier alpha value is 1.02. The van der Waals surface area contributed by atoms with Gasteiger partial charge in [0.25, 0.3) is 0 Å². The Balaban J connectivity index is 4.12. The Morgan fingerprint density at radius 3 is 1.80 bits per heavy atom. The summed E-state index contributed by atoms with van der Waals surface area (Å²) in [5.74, 6) is 0.213. The monoisotopic (exact) mass is 296 g/mol. The van der Waals surface area contributed by atoms with Crippen molar-refractivity contribution < 1.29 is 13.6 Å². The summed E-state index contributed by atoms with van der Waals surface area (Å²) >= 11 is 16.9. The van der Waals surface area contributed by atoms with Gasteiger partial charge in [-0.1, -0.05) is 0 Å². The van der Waals surface area contributed by atoms with Crippen molar-refractivity contribution in [2.24, 2.45) is 0 Å². The highest BCUT2D eigenvalue weighted by Gasteiger charge is 2.25. The molecule has 0 radical (unpaired) electrons. The van der Waals surface area contributed by atoms with Crippen LogP contribution in [0.25, 0.3) is 0 Å². The fourth-order valence-corrected chi connectivity index (χ4v) is 3.07. The summed E-state index contributed by atoms with van der Waals surface area (Å²) in [5, 5.41) is -0.434. The molecule has 0 rings (SSSR count). The molecule has 0 spiro atoms. The van der Waals surface area contributed by atoms with Gasteiger partial charge in [0.1, 0.15) is 0 Å². The van der Waals surface area contributed by atoms with Gasteiger partial charge in [0, 0.05) is 5.88 Å². The zero-order valence-corrected chi connectivity index (χ0v) is 12.0. The molecule has 7 heteroatoms. The molecule has 0 aliphatic heterocycles. The summed E-state index contributed by atoms with van der Waals surface area (Å²) in [6.07, 6.45) is 0.168. The lowest BCUT2D eigenvalue weighted by molar-refractivity contribution is 0.208. The Morgan fingerprint density at radius 1 is 1.13 bits per heavy atom. The standard InChI is InChI=1S/C8H16Cl3O3P/c1-7(10)5-13-15(12,4-3-9)14-6-8(2)11/h7-8H,3-6H2,1-2H3. The number of hydrogen-bond acceptors (Lipinski definition) is 3. The first-order valence-corrected chi connectivity index (χ1v) is 7.75. The highest BCUT2D eigenvalue weighted by Crippen LogP contribution is 2.48. The topological polar surface area (TPSA) is 35.5 Å². The SMILES string of the molecule is CC(Cl)COP(=O)(CCCl)OCC(C)Cl. The van der Waals surface area contributed by atoms with Crippen molar-refractivity contribution >= 4 is 42.4 Å². The zero-order valence-electron chi connectivity index (χ0n) is 8.79. The van der Waals surface area contributed by atoms with Gasteiger partial charge in [0.15, 0.2) is 0 Å². The van der Waals surface area contributed by atoms with Crippen LogP contribution < -0.4 is 0 Å². The van der Waals surface area contributed by atoms with Gasteiger partial charge in [0.05, 0.1) is 30.1 Å². The minimum atomic E-state index is -3.13. The average Bonchev–Trinajstić information content (AvgIpc) is 2.13. The molecule has 0 bridgehead atoms. The summed E-state index contributed by atoms with van der Waals surface area (Å²) in [5.41, 5.74) is 0. The molecule has 2 unspecified atom stereocenters. The molecule has 0 aromatic rings. The van der Waals surface area contributed by atoms with E-state index in [2.05, 4.69) is 0 Å².